The van der Waals surface area contributed by atoms with Gasteiger partial charge in [0, 0.05) is 18.4 Å². The lowest BCUT2D eigenvalue weighted by Crippen LogP contribution is -2.39. The number of carbonyl (C=O) groups excluding carboxylic acids is 1. The number of amides is 1. The second-order valence-electron chi connectivity index (χ2n) is 9.64. The molecule has 1 saturated carbocycles. The average molecular weight is 555 g/mol. The van der Waals surface area contributed by atoms with E-state index < -0.39 is 17.9 Å². The van der Waals surface area contributed by atoms with Crippen LogP contribution in [0.15, 0.2) is 36.7 Å². The van der Waals surface area contributed by atoms with E-state index in [1.807, 2.05) is 6.92 Å². The van der Waals surface area contributed by atoms with Gasteiger partial charge in [-0.1, -0.05) is 12.1 Å². The number of rotatable bonds is 7. The Morgan fingerprint density at radius 2 is 1.80 bits per heavy atom. The van der Waals surface area contributed by atoms with Gasteiger partial charge < -0.3 is 9.47 Å². The molecule has 1 fully saturated rings. The van der Waals surface area contributed by atoms with Crippen molar-refractivity contribution in [2.24, 2.45) is 0 Å². The van der Waals surface area contributed by atoms with Crippen LogP contribution in [0, 0.1) is 0 Å². The lowest BCUT2D eigenvalue weighted by atomic mass is 10.1. The fourth-order valence-electron chi connectivity index (χ4n) is 4.88. The van der Waals surface area contributed by atoms with Crippen molar-refractivity contribution in [2.45, 2.75) is 50.9 Å². The van der Waals surface area contributed by atoms with Crippen LogP contribution < -0.4 is 14.4 Å². The Hall–Kier alpha value is -4.49. The largest absolute Gasteiger partial charge is 0.481 e. The minimum absolute atomic E-state index is 0.0501. The van der Waals surface area contributed by atoms with Crippen molar-refractivity contribution in [1.82, 2.24) is 34.5 Å². The molecule has 1 amide bonds. The van der Waals surface area contributed by atoms with E-state index in [2.05, 4.69) is 15.1 Å². The predicted octanol–water partition coefficient (Wildman–Crippen LogP) is 4.33. The lowest BCUT2D eigenvalue weighted by molar-refractivity contribution is -0.141. The van der Waals surface area contributed by atoms with Crippen molar-refractivity contribution >= 4 is 11.9 Å². The zero-order valence-corrected chi connectivity index (χ0v) is 21.9. The molecule has 1 unspecified atom stereocenters. The SMILES string of the molecule is COc1ncnc(C2CC2)c1-c1nc2n(n1)CCC(=O)N2C(C)c1ccc(-n2nc(C(F)(F)F)cc2OC)cc1. The summed E-state index contributed by atoms with van der Waals surface area (Å²) in [7, 11) is 2.81. The molecule has 1 aliphatic carbocycles. The third-order valence-corrected chi connectivity index (χ3v) is 7.08. The highest BCUT2D eigenvalue weighted by atomic mass is 19.4. The molecule has 1 aliphatic heterocycles. The topological polar surface area (TPSA) is 113 Å². The predicted molar refractivity (Wildman–Crippen MR) is 135 cm³/mol. The molecule has 0 saturated heterocycles. The second kappa shape index (κ2) is 9.61. The molecule has 4 aromatic rings. The van der Waals surface area contributed by atoms with Gasteiger partial charge in [0.25, 0.3) is 0 Å². The van der Waals surface area contributed by atoms with Crippen molar-refractivity contribution in [3.8, 4) is 28.8 Å². The standard InChI is InChI=1S/C26H25F3N8O3/c1-14(15-6-8-17(9-7-15)37-20(39-2)12-18(33-37)26(27,28)29)36-19(38)10-11-35-25(36)32-23(34-35)21-22(16-4-5-16)30-13-31-24(21)40-3/h6-9,12-14,16H,4-5,10-11H2,1-3H3. The van der Waals surface area contributed by atoms with Crippen molar-refractivity contribution in [3.63, 3.8) is 0 Å². The molecule has 0 bridgehead atoms. The Kier molecular flexibility index (Phi) is 6.19. The normalized spacial score (nSPS) is 16.1. The Morgan fingerprint density at radius 3 is 2.45 bits per heavy atom. The van der Waals surface area contributed by atoms with E-state index in [9.17, 15) is 18.0 Å². The number of hydrogen-bond donors (Lipinski definition) is 0. The van der Waals surface area contributed by atoms with Crippen LogP contribution in [-0.2, 0) is 17.5 Å². The summed E-state index contributed by atoms with van der Waals surface area (Å²) in [6.07, 6.45) is -0.872. The molecule has 208 valence electrons. The fraction of sp³-hybridized carbons (Fsp3) is 0.385. The third-order valence-electron chi connectivity index (χ3n) is 7.08. The molecule has 6 rings (SSSR count). The molecule has 40 heavy (non-hydrogen) atoms. The van der Waals surface area contributed by atoms with E-state index >= 15 is 0 Å². The molecule has 2 aliphatic rings. The van der Waals surface area contributed by atoms with Gasteiger partial charge in [0.05, 0.1) is 38.2 Å². The van der Waals surface area contributed by atoms with Gasteiger partial charge in [-0.25, -0.2) is 19.3 Å². The smallest absolute Gasteiger partial charge is 0.435 e. The summed E-state index contributed by atoms with van der Waals surface area (Å²) < 4.78 is 52.9. The maximum atomic E-state index is 13.2. The minimum atomic E-state index is -4.61. The summed E-state index contributed by atoms with van der Waals surface area (Å²) in [5.41, 5.74) is 1.53. The first kappa shape index (κ1) is 25.8. The monoisotopic (exact) mass is 554 g/mol. The average Bonchev–Trinajstić information content (AvgIpc) is 3.55. The van der Waals surface area contributed by atoms with Crippen molar-refractivity contribution < 1.29 is 27.4 Å². The molecule has 1 atom stereocenters. The molecular formula is C26H25F3N8O3. The summed E-state index contributed by atoms with van der Waals surface area (Å²) in [5.74, 6) is 1.28. The summed E-state index contributed by atoms with van der Waals surface area (Å²) in [6, 6.07) is 7.11. The highest BCUT2D eigenvalue weighted by Gasteiger charge is 2.37. The van der Waals surface area contributed by atoms with E-state index in [4.69, 9.17) is 19.6 Å². The molecule has 0 spiro atoms. The summed E-state index contributed by atoms with van der Waals surface area (Å²) in [5, 5.41) is 8.35. The number of benzene rings is 1. The fourth-order valence-corrected chi connectivity index (χ4v) is 4.88. The number of methoxy groups -OCH3 is 2. The first-order valence-electron chi connectivity index (χ1n) is 12.7. The van der Waals surface area contributed by atoms with E-state index in [0.29, 0.717) is 41.4 Å². The van der Waals surface area contributed by atoms with Crippen LogP contribution in [0.5, 0.6) is 11.8 Å². The van der Waals surface area contributed by atoms with Crippen molar-refractivity contribution in [3.05, 3.63) is 53.6 Å². The van der Waals surface area contributed by atoms with Gasteiger partial charge in [0.15, 0.2) is 11.5 Å². The second-order valence-corrected chi connectivity index (χ2v) is 9.64. The summed E-state index contributed by atoms with van der Waals surface area (Å²) in [6.45, 7) is 2.23. The number of alkyl halides is 3. The van der Waals surface area contributed by atoms with E-state index in [-0.39, 0.29) is 18.2 Å². The summed E-state index contributed by atoms with van der Waals surface area (Å²) >= 11 is 0. The van der Waals surface area contributed by atoms with Gasteiger partial charge in [0.2, 0.25) is 23.6 Å². The molecule has 3 aromatic heterocycles. The number of aryl methyl sites for hydroxylation is 1. The van der Waals surface area contributed by atoms with Gasteiger partial charge in [-0.05, 0) is 37.5 Å². The van der Waals surface area contributed by atoms with Crippen LogP contribution in [0.25, 0.3) is 17.1 Å². The number of fused-ring (bicyclic) bond motifs is 1. The minimum Gasteiger partial charge on any atom is -0.481 e. The Morgan fingerprint density at radius 1 is 1.05 bits per heavy atom. The molecule has 0 N–H and O–H groups in total. The van der Waals surface area contributed by atoms with Gasteiger partial charge in [0.1, 0.15) is 11.9 Å². The molecule has 4 heterocycles. The van der Waals surface area contributed by atoms with Gasteiger partial charge >= 0.3 is 6.18 Å². The first-order chi connectivity index (χ1) is 19.2. The Bertz CT molecular complexity index is 1580. The van der Waals surface area contributed by atoms with Gasteiger partial charge in [-0.3, -0.25) is 9.69 Å². The molecule has 11 nitrogen and oxygen atoms in total. The van der Waals surface area contributed by atoms with E-state index in [1.54, 1.807) is 33.8 Å². The maximum absolute atomic E-state index is 13.2. The highest BCUT2D eigenvalue weighted by Crippen LogP contribution is 2.45. The number of hydrogen-bond acceptors (Lipinski definition) is 8. The van der Waals surface area contributed by atoms with Crippen LogP contribution in [0.2, 0.25) is 0 Å². The third kappa shape index (κ3) is 4.42. The van der Waals surface area contributed by atoms with Crippen molar-refractivity contribution in [1.29, 1.82) is 0 Å². The van der Waals surface area contributed by atoms with E-state index in [0.717, 1.165) is 34.8 Å². The molecular weight excluding hydrogens is 529 g/mol. The zero-order valence-electron chi connectivity index (χ0n) is 21.9. The zero-order chi connectivity index (χ0) is 28.2. The summed E-state index contributed by atoms with van der Waals surface area (Å²) in [4.78, 5) is 28.2. The lowest BCUT2D eigenvalue weighted by Gasteiger charge is -2.31. The van der Waals surface area contributed by atoms with Crippen LogP contribution in [-0.4, -0.2) is 54.6 Å². The van der Waals surface area contributed by atoms with Crippen LogP contribution in [0.3, 0.4) is 0 Å². The first-order valence-corrected chi connectivity index (χ1v) is 12.7. The highest BCUT2D eigenvalue weighted by molar-refractivity contribution is 5.93. The number of aromatic nitrogens is 7. The number of carbonyl (C=O) groups is 1. The number of halogens is 3. The Labute approximate surface area is 226 Å². The van der Waals surface area contributed by atoms with Crippen molar-refractivity contribution in [2.75, 3.05) is 19.1 Å². The Balaban J connectivity index is 1.33. The molecule has 0 radical (unpaired) electrons. The van der Waals surface area contributed by atoms with Crippen LogP contribution >= 0.6 is 0 Å². The molecule has 1 aromatic carbocycles. The number of nitrogens with zero attached hydrogens (tertiary/aromatic N) is 8. The number of anilines is 1. The quantitative estimate of drug-likeness (QED) is 0.332. The van der Waals surface area contributed by atoms with Crippen LogP contribution in [0.1, 0.15) is 55.1 Å². The van der Waals surface area contributed by atoms with Crippen LogP contribution in [0.4, 0.5) is 19.1 Å². The van der Waals surface area contributed by atoms with Gasteiger partial charge in [-0.2, -0.15) is 23.3 Å². The number of ether oxygens (including phenoxy) is 2. The molecule has 14 heteroatoms. The van der Waals surface area contributed by atoms with Gasteiger partial charge in [-0.15, -0.1) is 5.10 Å². The van der Waals surface area contributed by atoms with E-state index in [1.165, 1.54) is 20.5 Å². The maximum Gasteiger partial charge on any atom is 0.435 e.